The largest absolute Gasteiger partial charge is 0.341 e. The van der Waals surface area contributed by atoms with Crippen molar-refractivity contribution in [2.45, 2.75) is 6.92 Å². The first-order chi connectivity index (χ1) is 2.77. The molecule has 0 heterocycles. The predicted octanol–water partition coefficient (Wildman–Crippen LogP) is -0.645. The third-order valence-corrected chi connectivity index (χ3v) is 0.165. The summed E-state index contributed by atoms with van der Waals surface area (Å²) in [4.78, 5) is 16.8. The maximum Gasteiger partial charge on any atom is 0.341 e. The minimum Gasteiger partial charge on any atom is -0.281 e. The van der Waals surface area contributed by atoms with Crippen LogP contribution in [0.5, 0.6) is 0 Å². The van der Waals surface area contributed by atoms with E-state index in [1.54, 1.807) is 0 Å². The molecule has 0 aromatic rings. The monoisotopic (exact) mass is 91.0 g/mol. The molecule has 0 unspecified atom stereocenters. The summed E-state index contributed by atoms with van der Waals surface area (Å²) in [6.07, 6.45) is 0. The van der Waals surface area contributed by atoms with Crippen LogP contribution in [-0.4, -0.2) is 5.97 Å². The van der Waals surface area contributed by atoms with Crippen LogP contribution in [0.2, 0.25) is 0 Å². The molecule has 0 aromatic carbocycles. The number of rotatable bonds is 1. The van der Waals surface area contributed by atoms with Gasteiger partial charge in [-0.15, -0.1) is 0 Å². The van der Waals surface area contributed by atoms with Gasteiger partial charge in [0.25, 0.3) is 0 Å². The fourth-order valence-electron chi connectivity index (χ4n) is 0.0678. The van der Waals surface area contributed by atoms with E-state index in [9.17, 15) is 4.79 Å². The Labute approximate surface area is 34.7 Å². The van der Waals surface area contributed by atoms with Crippen LogP contribution >= 0.6 is 0 Å². The molecule has 4 nitrogen and oxygen atoms in total. The average Bonchev–Trinajstić information content (AvgIpc) is 1.35. The first kappa shape index (κ1) is 5.39. The molecule has 0 fully saturated rings. The summed E-state index contributed by atoms with van der Waals surface area (Å²) < 4.78 is 0. The van der Waals surface area contributed by atoms with Crippen molar-refractivity contribution in [1.29, 1.82) is 0 Å². The zero-order valence-electron chi connectivity index (χ0n) is 3.30. The van der Waals surface area contributed by atoms with Crippen molar-refractivity contribution >= 4 is 5.97 Å². The van der Waals surface area contributed by atoms with Gasteiger partial charge in [-0.05, 0) is 0 Å². The molecule has 0 radical (unpaired) electrons. The molecule has 4 heteroatoms. The Balaban J connectivity index is 2.83. The van der Waals surface area contributed by atoms with Crippen LogP contribution in [0.4, 0.5) is 0 Å². The van der Waals surface area contributed by atoms with E-state index in [4.69, 9.17) is 0 Å². The smallest absolute Gasteiger partial charge is 0.281 e. The Morgan fingerprint density at radius 1 is 1.83 bits per heavy atom. The van der Waals surface area contributed by atoms with Crippen LogP contribution in [0.25, 0.3) is 0 Å². The van der Waals surface area contributed by atoms with E-state index in [0.29, 0.717) is 0 Å². The third kappa shape index (κ3) is 3.39. The van der Waals surface area contributed by atoms with E-state index in [-0.39, 0.29) is 0 Å². The highest BCUT2D eigenvalue weighted by Crippen LogP contribution is 1.66. The van der Waals surface area contributed by atoms with Crippen LogP contribution in [0.1, 0.15) is 6.92 Å². The summed E-state index contributed by atoms with van der Waals surface area (Å²) in [5.74, 6) is 3.73. The van der Waals surface area contributed by atoms with Crippen molar-refractivity contribution in [2.24, 2.45) is 5.90 Å². The van der Waals surface area contributed by atoms with Crippen molar-refractivity contribution in [1.82, 2.24) is 0 Å². The Bertz CT molecular complexity index is 52.8. The molecule has 0 rings (SSSR count). The summed E-state index contributed by atoms with van der Waals surface area (Å²) in [5, 5.41) is 0. The lowest BCUT2D eigenvalue weighted by atomic mass is 10.9. The molecule has 0 saturated carbocycles. The minimum absolute atomic E-state index is 0.558. The van der Waals surface area contributed by atoms with Crippen LogP contribution in [-0.2, 0) is 14.7 Å². The summed E-state index contributed by atoms with van der Waals surface area (Å²) in [7, 11) is 0. The number of carbonyl (C=O) groups excluding carboxylic acids is 1. The van der Waals surface area contributed by atoms with Gasteiger partial charge in [0.05, 0.1) is 0 Å². The van der Waals surface area contributed by atoms with Gasteiger partial charge in [0.2, 0.25) is 0 Å². The molecule has 36 valence electrons. The lowest BCUT2D eigenvalue weighted by Gasteiger charge is -1.86. The highest BCUT2D eigenvalue weighted by Gasteiger charge is 1.84. The van der Waals surface area contributed by atoms with Crippen molar-refractivity contribution in [3.8, 4) is 0 Å². The molecule has 0 aliphatic rings. The zero-order valence-corrected chi connectivity index (χ0v) is 3.30. The Kier molecular flexibility index (Phi) is 2.35. The topological polar surface area (TPSA) is 61.5 Å². The molecule has 0 bridgehead atoms. The van der Waals surface area contributed by atoms with E-state index < -0.39 is 5.97 Å². The molecule has 2 N–H and O–H groups in total. The first-order valence-corrected chi connectivity index (χ1v) is 1.31. The van der Waals surface area contributed by atoms with Gasteiger partial charge in [0.15, 0.2) is 0 Å². The van der Waals surface area contributed by atoms with Gasteiger partial charge in [-0.25, -0.2) is 4.79 Å². The number of hydrogen-bond donors (Lipinski definition) is 1. The SMILES string of the molecule is CC(=O)OON. The van der Waals surface area contributed by atoms with E-state index in [1.165, 1.54) is 6.92 Å². The van der Waals surface area contributed by atoms with Gasteiger partial charge < -0.3 is 0 Å². The fraction of sp³-hybridized carbons (Fsp3) is 0.500. The lowest BCUT2D eigenvalue weighted by molar-refractivity contribution is -0.274. The molecular formula is C2H5NO3. The molecule has 0 aromatic heterocycles. The molecule has 0 amide bonds. The number of hydrogen-bond acceptors (Lipinski definition) is 4. The number of carbonyl (C=O) groups is 1. The highest BCUT2D eigenvalue weighted by molar-refractivity contribution is 5.65. The van der Waals surface area contributed by atoms with Crippen LogP contribution in [0.3, 0.4) is 0 Å². The van der Waals surface area contributed by atoms with Crippen molar-refractivity contribution < 1.29 is 14.7 Å². The molecule has 0 atom stereocenters. The molecule has 0 aliphatic heterocycles. The van der Waals surface area contributed by atoms with Gasteiger partial charge in [0, 0.05) is 6.92 Å². The van der Waals surface area contributed by atoms with Crippen molar-refractivity contribution in [3.63, 3.8) is 0 Å². The second-order valence-corrected chi connectivity index (χ2v) is 0.671. The van der Waals surface area contributed by atoms with Crippen molar-refractivity contribution in [3.05, 3.63) is 0 Å². The van der Waals surface area contributed by atoms with Gasteiger partial charge in [-0.1, -0.05) is 4.99 Å². The van der Waals surface area contributed by atoms with Gasteiger partial charge in [-0.2, -0.15) is 5.90 Å². The second-order valence-electron chi connectivity index (χ2n) is 0.671. The molecule has 0 spiro atoms. The summed E-state index contributed by atoms with van der Waals surface area (Å²) >= 11 is 0. The van der Waals surface area contributed by atoms with E-state index in [0.717, 1.165) is 0 Å². The standard InChI is InChI=1S/C2H5NO3/c1-2(4)5-6-3/h3H2,1H3. The average molecular weight is 91.1 g/mol. The van der Waals surface area contributed by atoms with Crippen LogP contribution < -0.4 is 5.90 Å². The van der Waals surface area contributed by atoms with Crippen LogP contribution in [0.15, 0.2) is 0 Å². The van der Waals surface area contributed by atoms with E-state index in [2.05, 4.69) is 15.8 Å². The summed E-state index contributed by atoms with van der Waals surface area (Å²) in [6, 6.07) is 0. The van der Waals surface area contributed by atoms with Gasteiger partial charge in [0.1, 0.15) is 0 Å². The van der Waals surface area contributed by atoms with Crippen LogP contribution in [0, 0.1) is 0 Å². The molecule has 0 aliphatic carbocycles. The Morgan fingerprint density at radius 2 is 2.33 bits per heavy atom. The maximum atomic E-state index is 9.62. The molecule has 6 heavy (non-hydrogen) atoms. The normalized spacial score (nSPS) is 7.67. The predicted molar refractivity (Wildman–Crippen MR) is 17.0 cm³/mol. The molecular weight excluding hydrogens is 86.0 g/mol. The van der Waals surface area contributed by atoms with Gasteiger partial charge >= 0.3 is 5.97 Å². The quantitative estimate of drug-likeness (QED) is 0.344. The maximum absolute atomic E-state index is 9.62. The number of nitrogens with two attached hydrogens (primary N) is 1. The molecule has 0 saturated heterocycles. The first-order valence-electron chi connectivity index (χ1n) is 1.31. The zero-order chi connectivity index (χ0) is 4.99. The summed E-state index contributed by atoms with van der Waals surface area (Å²) in [6.45, 7) is 1.19. The van der Waals surface area contributed by atoms with E-state index >= 15 is 0 Å². The Morgan fingerprint density at radius 3 is 2.33 bits per heavy atom. The lowest BCUT2D eigenvalue weighted by Crippen LogP contribution is -2.04. The fourth-order valence-corrected chi connectivity index (χ4v) is 0.0678. The highest BCUT2D eigenvalue weighted by atomic mass is 17.3. The van der Waals surface area contributed by atoms with Gasteiger partial charge in [-0.3, -0.25) is 4.89 Å². The van der Waals surface area contributed by atoms with Crippen molar-refractivity contribution in [2.75, 3.05) is 0 Å². The minimum atomic E-state index is -0.558. The van der Waals surface area contributed by atoms with E-state index in [1.807, 2.05) is 0 Å². The second kappa shape index (κ2) is 2.62. The summed E-state index contributed by atoms with van der Waals surface area (Å²) in [5.41, 5.74) is 0. The Hall–Kier alpha value is -0.610. The third-order valence-electron chi connectivity index (χ3n) is 0.165.